The van der Waals surface area contributed by atoms with Crippen molar-refractivity contribution in [3.05, 3.63) is 94.6 Å². The molecule has 0 radical (unpaired) electrons. The van der Waals surface area contributed by atoms with E-state index in [0.29, 0.717) is 0 Å². The molecule has 0 fully saturated rings. The first-order valence-electron chi connectivity index (χ1n) is 27.0. The van der Waals surface area contributed by atoms with Gasteiger partial charge in [0, 0.05) is 11.1 Å². The quantitative estimate of drug-likeness (QED) is 0.0325. The van der Waals surface area contributed by atoms with Crippen molar-refractivity contribution in [2.45, 2.75) is 168 Å². The van der Waals surface area contributed by atoms with E-state index in [2.05, 4.69) is 62.4 Å². The number of unbranched alkanes of at least 4 members (excludes halogenated alkanes) is 20. The first-order valence-corrected chi connectivity index (χ1v) is 27.0. The molecule has 2 aromatic carbocycles. The normalized spacial score (nSPS) is 11.8. The molecular weight excluding hydrogens is 930 g/mol. The van der Waals surface area contributed by atoms with Gasteiger partial charge in [-0.25, -0.2) is 9.97 Å². The molecule has 5 heterocycles. The number of methoxy groups -OCH3 is 4. The van der Waals surface area contributed by atoms with Crippen molar-refractivity contribution in [2.75, 3.05) is 28.4 Å². The molecule has 8 nitrogen and oxygen atoms in total. The van der Waals surface area contributed by atoms with Crippen LogP contribution in [0.2, 0.25) is 0 Å². The summed E-state index contributed by atoms with van der Waals surface area (Å²) in [6.45, 7) is 4.56. The van der Waals surface area contributed by atoms with Gasteiger partial charge >= 0.3 is 19.5 Å². The van der Waals surface area contributed by atoms with Gasteiger partial charge in [-0.3, -0.25) is 0 Å². The van der Waals surface area contributed by atoms with E-state index < -0.39 is 0 Å². The van der Waals surface area contributed by atoms with Crippen molar-refractivity contribution < 1.29 is 38.4 Å². The summed E-state index contributed by atoms with van der Waals surface area (Å²) >= 11 is 0. The molecule has 0 saturated carbocycles. The van der Waals surface area contributed by atoms with Crippen LogP contribution in [0.3, 0.4) is 0 Å². The van der Waals surface area contributed by atoms with Gasteiger partial charge in [-0.15, -0.1) is 22.1 Å². The minimum absolute atomic E-state index is 0. The van der Waals surface area contributed by atoms with Crippen molar-refractivity contribution in [3.8, 4) is 45.3 Å². The van der Waals surface area contributed by atoms with Crippen LogP contribution in [0.1, 0.15) is 189 Å². The van der Waals surface area contributed by atoms with Gasteiger partial charge in [0.15, 0.2) is 0 Å². The van der Waals surface area contributed by atoms with Crippen molar-refractivity contribution in [3.63, 3.8) is 0 Å². The van der Waals surface area contributed by atoms with Crippen molar-refractivity contribution in [2.24, 2.45) is 0 Å². The maximum absolute atomic E-state index is 6.18. The van der Waals surface area contributed by atoms with Crippen LogP contribution in [0.4, 0.5) is 0 Å². The summed E-state index contributed by atoms with van der Waals surface area (Å²) in [4.78, 5) is 20.8. The van der Waals surface area contributed by atoms with Gasteiger partial charge in [0.25, 0.3) is 0 Å². The largest absolute Gasteiger partial charge is 2.00 e. The zero-order chi connectivity index (χ0) is 48.9. The van der Waals surface area contributed by atoms with Gasteiger partial charge < -0.3 is 28.9 Å². The second-order valence-corrected chi connectivity index (χ2v) is 19.4. The first-order chi connectivity index (χ1) is 34.5. The van der Waals surface area contributed by atoms with Crippen molar-refractivity contribution in [1.82, 2.24) is 19.9 Å². The second-order valence-electron chi connectivity index (χ2n) is 19.4. The topological polar surface area (TPSA) is 90.9 Å². The predicted octanol–water partition coefficient (Wildman–Crippen LogP) is 17.0. The maximum Gasteiger partial charge on any atom is 2.00 e. The third kappa shape index (κ3) is 15.4. The Labute approximate surface area is 438 Å². The third-order valence-corrected chi connectivity index (χ3v) is 14.0. The molecule has 0 spiro atoms. The molecule has 0 saturated heterocycles. The van der Waals surface area contributed by atoms with Crippen LogP contribution < -0.4 is 28.9 Å². The Hall–Kier alpha value is -5.14. The van der Waals surface area contributed by atoms with Crippen LogP contribution in [-0.2, 0) is 32.3 Å². The van der Waals surface area contributed by atoms with Gasteiger partial charge in [0.2, 0.25) is 0 Å². The minimum Gasteiger partial charge on any atom is -0.657 e. The molecule has 0 N–H and O–H groups in total. The molecule has 8 bridgehead atoms. The minimum atomic E-state index is 0. The van der Waals surface area contributed by atoms with E-state index in [4.69, 9.17) is 38.9 Å². The first kappa shape index (κ1) is 55.2. The van der Waals surface area contributed by atoms with Crippen LogP contribution in [0, 0.1) is 0 Å². The summed E-state index contributed by atoms with van der Waals surface area (Å²) in [7, 11) is 6.94. The SMILES string of the molecule is CCCCCCCCCCCCCc1cc(OC)c(-c2c3nc(cc4ccc([n-]4)c(-c4c(OC)cc(CCCCCCCCCCCCC)cc4OC)c4nc(cc5ccc2[n-]5)C=C4)C=C3)c(OC)c1.[Zn+2]. The fourth-order valence-corrected chi connectivity index (χ4v) is 10.2. The smallest absolute Gasteiger partial charge is 0.657 e. The summed E-state index contributed by atoms with van der Waals surface area (Å²) in [6.07, 6.45) is 39.1. The molecule has 71 heavy (non-hydrogen) atoms. The van der Waals surface area contributed by atoms with Crippen LogP contribution >= 0.6 is 0 Å². The average molecular weight is 1010 g/mol. The van der Waals surface area contributed by atoms with E-state index in [1.807, 2.05) is 36.4 Å². The molecule has 0 aliphatic carbocycles. The van der Waals surface area contributed by atoms with Crippen LogP contribution in [-0.4, -0.2) is 38.4 Å². The van der Waals surface area contributed by atoms with Crippen molar-refractivity contribution in [1.29, 1.82) is 0 Å². The third-order valence-electron chi connectivity index (χ3n) is 14.0. The molecule has 0 unspecified atom stereocenters. The number of ether oxygens (including phenoxy) is 4. The Bertz CT molecular complexity index is 2440. The van der Waals surface area contributed by atoms with Gasteiger partial charge in [-0.1, -0.05) is 179 Å². The molecule has 5 aromatic rings. The summed E-state index contributed by atoms with van der Waals surface area (Å²) < 4.78 is 24.7. The van der Waals surface area contributed by atoms with Crippen molar-refractivity contribution >= 4 is 46.4 Å². The van der Waals surface area contributed by atoms with Crippen LogP contribution in [0.15, 0.2) is 60.7 Å². The van der Waals surface area contributed by atoms with Gasteiger partial charge in [-0.2, -0.15) is 0 Å². The van der Waals surface area contributed by atoms with E-state index in [-0.39, 0.29) is 19.5 Å². The Morgan fingerprint density at radius 3 is 0.986 bits per heavy atom. The number of hydrogen-bond acceptors (Lipinski definition) is 6. The molecule has 3 aromatic heterocycles. The van der Waals surface area contributed by atoms with Gasteiger partial charge in [0.1, 0.15) is 23.0 Å². The average Bonchev–Trinajstić information content (AvgIpc) is 4.23. The molecule has 9 heteroatoms. The molecule has 2 aliphatic heterocycles. The number of benzene rings is 2. The Kier molecular flexibility index (Phi) is 22.8. The fraction of sp³-hybridized carbons (Fsp3) is 0.484. The Morgan fingerprint density at radius 2 is 0.676 bits per heavy atom. The summed E-state index contributed by atoms with van der Waals surface area (Å²) in [5, 5.41) is 0. The number of aryl methyl sites for hydroxylation is 2. The molecule has 0 amide bonds. The van der Waals surface area contributed by atoms with E-state index in [1.54, 1.807) is 28.4 Å². The number of fused-ring (bicyclic) bond motifs is 8. The van der Waals surface area contributed by atoms with Crippen LogP contribution in [0.5, 0.6) is 23.0 Å². The van der Waals surface area contributed by atoms with E-state index in [0.717, 1.165) is 116 Å². The molecule has 0 atom stereocenters. The Morgan fingerprint density at radius 1 is 0.366 bits per heavy atom. The number of nitrogens with zero attached hydrogens (tertiary/aromatic N) is 4. The van der Waals surface area contributed by atoms with E-state index >= 15 is 0 Å². The standard InChI is InChI=1S/C62H80N4O4.Zn/c1-7-9-11-13-15-17-19-21-23-25-27-29-45-39-55(67-3)61(56(40-45)68-4)59-51-35-31-47(63-51)43-49-33-37-53(65-49)60(54-38-34-50(66-54)44-48-32-36-52(59)64-48)62-57(69-5)41-46(42-58(62)70-6)30-28-26-24-22-20-18-16-14-12-10-8-2;/h31-44H,7-30H2,1-6H3;/q-2;+2. The summed E-state index contributed by atoms with van der Waals surface area (Å²) in [5.74, 6) is 2.96. The fourth-order valence-electron chi connectivity index (χ4n) is 10.2. The van der Waals surface area contributed by atoms with Gasteiger partial charge in [-0.05, 0) is 85.4 Å². The summed E-state index contributed by atoms with van der Waals surface area (Å²) in [6, 6.07) is 20.9. The zero-order valence-electron chi connectivity index (χ0n) is 44.2. The zero-order valence-corrected chi connectivity index (χ0v) is 47.1. The number of hydrogen-bond donors (Lipinski definition) is 0. The van der Waals surface area contributed by atoms with E-state index in [9.17, 15) is 0 Å². The molecule has 374 valence electrons. The van der Waals surface area contributed by atoms with Gasteiger partial charge in [0.05, 0.1) is 62.3 Å². The van der Waals surface area contributed by atoms with E-state index in [1.165, 1.54) is 140 Å². The Balaban J connectivity index is 0.00000825. The van der Waals surface area contributed by atoms with Crippen LogP contribution in [0.25, 0.3) is 68.6 Å². The predicted molar refractivity (Wildman–Crippen MR) is 294 cm³/mol. The molecule has 7 rings (SSSR count). The number of aromatic nitrogens is 4. The molecule has 2 aliphatic rings. The number of rotatable bonds is 30. The molecular formula is C62H80N4O4Zn. The summed E-state index contributed by atoms with van der Waals surface area (Å²) in [5.41, 5.74) is 12.0. The maximum atomic E-state index is 6.18. The second kappa shape index (κ2) is 29.4. The monoisotopic (exact) mass is 1010 g/mol.